The van der Waals surface area contributed by atoms with E-state index < -0.39 is 12.7 Å². The molecule has 0 aliphatic rings. The lowest BCUT2D eigenvalue weighted by atomic mass is 10.0. The summed E-state index contributed by atoms with van der Waals surface area (Å²) < 4.78 is 29.1. The minimum atomic E-state index is -2.90. The second kappa shape index (κ2) is 7.93. The van der Waals surface area contributed by atoms with Gasteiger partial charge in [-0.15, -0.1) is 0 Å². The first-order chi connectivity index (χ1) is 9.79. The molecule has 1 aromatic carbocycles. The molecule has 1 atom stereocenters. The summed E-state index contributed by atoms with van der Waals surface area (Å²) in [6.45, 7) is 2.99. The molecule has 0 aliphatic carbocycles. The Bertz CT molecular complexity index is 479. The second-order valence-electron chi connectivity index (χ2n) is 5.44. The quantitative estimate of drug-likeness (QED) is 0.813. The third-order valence-electron chi connectivity index (χ3n) is 2.95. The van der Waals surface area contributed by atoms with Crippen LogP contribution in [-0.2, 0) is 11.3 Å². The van der Waals surface area contributed by atoms with Gasteiger partial charge in [0.05, 0.1) is 6.04 Å². The van der Waals surface area contributed by atoms with Gasteiger partial charge in [0.15, 0.2) is 0 Å². The van der Waals surface area contributed by atoms with Gasteiger partial charge in [-0.25, -0.2) is 0 Å². The maximum Gasteiger partial charge on any atom is 0.387 e. The summed E-state index contributed by atoms with van der Waals surface area (Å²) in [5, 5.41) is 2.66. The number of hydrogen-bond acceptors (Lipinski definition) is 3. The van der Waals surface area contributed by atoms with E-state index in [1.807, 2.05) is 20.8 Å². The molecule has 0 saturated carbocycles. The number of rotatable bonds is 7. The number of carbonyl (C=O) groups is 1. The van der Waals surface area contributed by atoms with Gasteiger partial charge in [-0.1, -0.05) is 31.5 Å². The highest BCUT2D eigenvalue weighted by Gasteiger charge is 2.16. The largest absolute Gasteiger partial charge is 0.434 e. The van der Waals surface area contributed by atoms with Crippen molar-refractivity contribution in [3.8, 4) is 5.75 Å². The van der Waals surface area contributed by atoms with E-state index >= 15 is 0 Å². The average molecular weight is 300 g/mol. The Morgan fingerprint density at radius 2 is 2.05 bits per heavy atom. The van der Waals surface area contributed by atoms with Gasteiger partial charge in [-0.2, -0.15) is 8.78 Å². The number of ether oxygens (including phenoxy) is 1. The molecular formula is C15H22F2N2O2. The van der Waals surface area contributed by atoms with E-state index in [2.05, 4.69) is 10.1 Å². The van der Waals surface area contributed by atoms with Crippen molar-refractivity contribution in [2.24, 2.45) is 11.7 Å². The summed E-state index contributed by atoms with van der Waals surface area (Å²) in [6, 6.07) is 4.24. The highest BCUT2D eigenvalue weighted by atomic mass is 19.3. The van der Waals surface area contributed by atoms with E-state index in [4.69, 9.17) is 5.73 Å². The molecular weight excluding hydrogens is 278 g/mol. The maximum atomic E-state index is 12.3. The van der Waals surface area contributed by atoms with Crippen LogP contribution in [0, 0.1) is 12.8 Å². The van der Waals surface area contributed by atoms with Crippen molar-refractivity contribution in [2.75, 3.05) is 0 Å². The first kappa shape index (κ1) is 17.4. The van der Waals surface area contributed by atoms with Crippen LogP contribution in [0.4, 0.5) is 8.78 Å². The summed E-state index contributed by atoms with van der Waals surface area (Å²) >= 11 is 0. The first-order valence-electron chi connectivity index (χ1n) is 6.87. The molecule has 1 aromatic rings. The summed E-state index contributed by atoms with van der Waals surface area (Å²) in [5.41, 5.74) is 7.16. The molecule has 0 bridgehead atoms. The Kier molecular flexibility index (Phi) is 6.55. The fraction of sp³-hybridized carbons (Fsp3) is 0.533. The van der Waals surface area contributed by atoms with Crippen molar-refractivity contribution in [2.45, 2.75) is 46.4 Å². The van der Waals surface area contributed by atoms with E-state index in [0.717, 1.165) is 5.56 Å². The predicted molar refractivity (Wildman–Crippen MR) is 77.1 cm³/mol. The summed E-state index contributed by atoms with van der Waals surface area (Å²) in [7, 11) is 0. The Balaban J connectivity index is 2.69. The minimum Gasteiger partial charge on any atom is -0.434 e. The van der Waals surface area contributed by atoms with Crippen molar-refractivity contribution in [3.63, 3.8) is 0 Å². The van der Waals surface area contributed by atoms with Crippen LogP contribution in [0.2, 0.25) is 0 Å². The number of alkyl halides is 2. The van der Waals surface area contributed by atoms with E-state index in [-0.39, 0.29) is 18.2 Å². The molecule has 0 aromatic heterocycles. The fourth-order valence-electron chi connectivity index (χ4n) is 1.99. The third kappa shape index (κ3) is 6.08. The Hall–Kier alpha value is -1.69. The van der Waals surface area contributed by atoms with Crippen LogP contribution in [0.3, 0.4) is 0 Å². The number of hydrogen-bond donors (Lipinski definition) is 2. The molecule has 1 amide bonds. The molecule has 0 fully saturated rings. The van der Waals surface area contributed by atoms with Crippen LogP contribution >= 0.6 is 0 Å². The Labute approximate surface area is 123 Å². The fourth-order valence-corrected chi connectivity index (χ4v) is 1.99. The number of nitrogens with two attached hydrogens (primary N) is 1. The van der Waals surface area contributed by atoms with Gasteiger partial charge < -0.3 is 15.8 Å². The highest BCUT2D eigenvalue weighted by molar-refractivity contribution is 5.81. The molecule has 0 heterocycles. The zero-order valence-electron chi connectivity index (χ0n) is 12.5. The van der Waals surface area contributed by atoms with Crippen LogP contribution in [0.15, 0.2) is 18.2 Å². The molecule has 0 unspecified atom stereocenters. The van der Waals surface area contributed by atoms with Gasteiger partial charge in [0.2, 0.25) is 5.91 Å². The zero-order chi connectivity index (χ0) is 16.0. The Morgan fingerprint density at radius 3 is 2.62 bits per heavy atom. The maximum absolute atomic E-state index is 12.3. The molecule has 4 nitrogen and oxygen atoms in total. The van der Waals surface area contributed by atoms with Crippen molar-refractivity contribution in [3.05, 3.63) is 29.3 Å². The van der Waals surface area contributed by atoms with Crippen LogP contribution in [0.25, 0.3) is 0 Å². The van der Waals surface area contributed by atoms with Gasteiger partial charge in [-0.3, -0.25) is 4.79 Å². The smallest absolute Gasteiger partial charge is 0.387 e. The number of carbonyl (C=O) groups excluding carboxylic acids is 1. The van der Waals surface area contributed by atoms with Crippen molar-refractivity contribution >= 4 is 5.91 Å². The lowest BCUT2D eigenvalue weighted by Gasteiger charge is -2.16. The monoisotopic (exact) mass is 300 g/mol. The number of aryl methyl sites for hydroxylation is 1. The molecule has 0 saturated heterocycles. The summed E-state index contributed by atoms with van der Waals surface area (Å²) in [5.74, 6) is 0.0731. The van der Waals surface area contributed by atoms with Gasteiger partial charge in [0, 0.05) is 12.1 Å². The molecule has 118 valence electrons. The first-order valence-corrected chi connectivity index (χ1v) is 6.87. The van der Waals surface area contributed by atoms with Crippen molar-refractivity contribution in [1.29, 1.82) is 0 Å². The predicted octanol–water partition coefficient (Wildman–Crippen LogP) is 2.59. The van der Waals surface area contributed by atoms with Crippen LogP contribution in [-0.4, -0.2) is 18.6 Å². The van der Waals surface area contributed by atoms with Gasteiger partial charge in [0.25, 0.3) is 0 Å². The molecule has 1 rings (SSSR count). The molecule has 0 aliphatic heterocycles. The zero-order valence-corrected chi connectivity index (χ0v) is 12.5. The number of benzene rings is 1. The minimum absolute atomic E-state index is 0.0633. The highest BCUT2D eigenvalue weighted by Crippen LogP contribution is 2.22. The molecule has 3 N–H and O–H groups in total. The number of nitrogens with one attached hydrogen (secondary N) is 1. The third-order valence-corrected chi connectivity index (χ3v) is 2.95. The standard InChI is InChI=1S/C15H22F2N2O2/c1-9(2)6-12(18)14(20)19-8-11-7-10(3)4-5-13(11)21-15(16)17/h4-5,7,9,12,15H,6,8,18H2,1-3H3,(H,19,20)/t12-/m0/s1. The van der Waals surface area contributed by atoms with Crippen molar-refractivity contribution in [1.82, 2.24) is 5.32 Å². The van der Waals surface area contributed by atoms with E-state index in [1.165, 1.54) is 6.07 Å². The van der Waals surface area contributed by atoms with Crippen LogP contribution < -0.4 is 15.8 Å². The SMILES string of the molecule is Cc1ccc(OC(F)F)c(CNC(=O)[C@@H](N)CC(C)C)c1. The van der Waals surface area contributed by atoms with Crippen LogP contribution in [0.5, 0.6) is 5.75 Å². The number of amides is 1. The second-order valence-corrected chi connectivity index (χ2v) is 5.44. The molecule has 21 heavy (non-hydrogen) atoms. The lowest BCUT2D eigenvalue weighted by molar-refractivity contribution is -0.122. The van der Waals surface area contributed by atoms with E-state index in [9.17, 15) is 13.6 Å². The summed E-state index contributed by atoms with van der Waals surface area (Å²) in [4.78, 5) is 11.8. The van der Waals surface area contributed by atoms with E-state index in [0.29, 0.717) is 17.9 Å². The van der Waals surface area contributed by atoms with Gasteiger partial charge in [0.1, 0.15) is 5.75 Å². The van der Waals surface area contributed by atoms with Crippen LogP contribution in [0.1, 0.15) is 31.4 Å². The Morgan fingerprint density at radius 1 is 1.38 bits per heavy atom. The van der Waals surface area contributed by atoms with Gasteiger partial charge in [-0.05, 0) is 25.3 Å². The molecule has 0 spiro atoms. The topological polar surface area (TPSA) is 64.3 Å². The molecule has 0 radical (unpaired) electrons. The normalized spacial score (nSPS) is 12.6. The lowest BCUT2D eigenvalue weighted by Crippen LogP contribution is -2.41. The average Bonchev–Trinajstić information content (AvgIpc) is 2.37. The van der Waals surface area contributed by atoms with Crippen molar-refractivity contribution < 1.29 is 18.3 Å². The van der Waals surface area contributed by atoms with E-state index in [1.54, 1.807) is 12.1 Å². The number of halogens is 2. The van der Waals surface area contributed by atoms with Gasteiger partial charge >= 0.3 is 6.61 Å². The summed E-state index contributed by atoms with van der Waals surface area (Å²) in [6.07, 6.45) is 0.569. The molecule has 6 heteroatoms.